The third-order valence-corrected chi connectivity index (χ3v) is 6.09. The van der Waals surface area contributed by atoms with Crippen LogP contribution < -0.4 is 5.32 Å². The highest BCUT2D eigenvalue weighted by molar-refractivity contribution is 5.99. The second-order valence-corrected chi connectivity index (χ2v) is 8.00. The Morgan fingerprint density at radius 3 is 2.48 bits per heavy atom. The normalized spacial score (nSPS) is 20.5. The van der Waals surface area contributed by atoms with Gasteiger partial charge in [-0.05, 0) is 23.1 Å². The van der Waals surface area contributed by atoms with Crippen molar-refractivity contribution in [1.29, 1.82) is 0 Å². The van der Waals surface area contributed by atoms with Crippen LogP contribution in [-0.4, -0.2) is 33.3 Å². The van der Waals surface area contributed by atoms with Gasteiger partial charge in [-0.15, -0.1) is 0 Å². The monoisotopic (exact) mass is 426 g/mol. The fraction of sp³-hybridized carbons (Fsp3) is 0.304. The highest BCUT2D eigenvalue weighted by atomic mass is 19.4. The summed E-state index contributed by atoms with van der Waals surface area (Å²) >= 11 is 0. The number of fused-ring (bicyclic) bond motifs is 2. The number of nitrogens with one attached hydrogen (secondary N) is 1. The number of hydrogen-bond donors (Lipinski definition) is 1. The van der Waals surface area contributed by atoms with E-state index in [1.165, 1.54) is 11.8 Å². The largest absolute Gasteiger partial charge is 0.410 e. The molecule has 5 rings (SSSR count). The van der Waals surface area contributed by atoms with Crippen LogP contribution in [0.1, 0.15) is 45.6 Å². The van der Waals surface area contributed by atoms with Gasteiger partial charge in [-0.1, -0.05) is 54.6 Å². The number of alkyl halides is 3. The molecule has 5 nitrogen and oxygen atoms in total. The molecule has 1 N–H and O–H groups in total. The van der Waals surface area contributed by atoms with Gasteiger partial charge in [-0.3, -0.25) is 4.79 Å². The topological polar surface area (TPSA) is 50.2 Å². The van der Waals surface area contributed by atoms with Crippen LogP contribution in [0.3, 0.4) is 0 Å². The van der Waals surface area contributed by atoms with Crippen molar-refractivity contribution in [2.24, 2.45) is 0 Å². The molecule has 31 heavy (non-hydrogen) atoms. The summed E-state index contributed by atoms with van der Waals surface area (Å²) in [7, 11) is 0. The molecule has 2 atom stereocenters. The summed E-state index contributed by atoms with van der Waals surface area (Å²) in [5.41, 5.74) is 3.18. The zero-order valence-electron chi connectivity index (χ0n) is 16.6. The number of amides is 1. The molecule has 0 bridgehead atoms. The van der Waals surface area contributed by atoms with E-state index < -0.39 is 18.3 Å². The number of halogens is 3. The van der Waals surface area contributed by atoms with E-state index in [1.807, 2.05) is 30.3 Å². The van der Waals surface area contributed by atoms with Gasteiger partial charge in [0, 0.05) is 19.5 Å². The quantitative estimate of drug-likeness (QED) is 0.644. The number of benzene rings is 2. The number of anilines is 1. The van der Waals surface area contributed by atoms with E-state index in [-0.39, 0.29) is 23.7 Å². The molecule has 3 aromatic rings. The van der Waals surface area contributed by atoms with E-state index >= 15 is 0 Å². The Morgan fingerprint density at radius 1 is 1.03 bits per heavy atom. The van der Waals surface area contributed by atoms with Crippen molar-refractivity contribution in [3.05, 3.63) is 83.0 Å². The molecular formula is C23H21F3N4O. The first kappa shape index (κ1) is 19.7. The lowest BCUT2D eigenvalue weighted by Crippen LogP contribution is -2.38. The molecule has 2 aliphatic rings. The first-order chi connectivity index (χ1) is 14.9. The Bertz CT molecular complexity index is 1110. The lowest BCUT2D eigenvalue weighted by molar-refractivity contribution is -0.173. The molecule has 1 amide bonds. The van der Waals surface area contributed by atoms with Crippen LogP contribution >= 0.6 is 0 Å². The van der Waals surface area contributed by atoms with Crippen LogP contribution in [0.4, 0.5) is 19.0 Å². The van der Waals surface area contributed by atoms with Gasteiger partial charge in [-0.2, -0.15) is 18.3 Å². The molecule has 0 spiro atoms. The maximum absolute atomic E-state index is 13.9. The Hall–Kier alpha value is -3.29. The highest BCUT2D eigenvalue weighted by Crippen LogP contribution is 2.44. The molecule has 3 heterocycles. The Balaban J connectivity index is 1.49. The zero-order chi connectivity index (χ0) is 21.6. The van der Waals surface area contributed by atoms with E-state index in [0.717, 1.165) is 22.2 Å². The third-order valence-electron chi connectivity index (χ3n) is 6.09. The summed E-state index contributed by atoms with van der Waals surface area (Å²) in [5.74, 6) is -0.177. The van der Waals surface area contributed by atoms with Crippen molar-refractivity contribution in [1.82, 2.24) is 14.7 Å². The second-order valence-electron chi connectivity index (χ2n) is 8.00. The first-order valence-electron chi connectivity index (χ1n) is 10.2. The average Bonchev–Trinajstić information content (AvgIpc) is 3.21. The lowest BCUT2D eigenvalue weighted by Gasteiger charge is -2.34. The lowest BCUT2D eigenvalue weighted by atomic mass is 9.96. The van der Waals surface area contributed by atoms with Gasteiger partial charge >= 0.3 is 6.18 Å². The van der Waals surface area contributed by atoms with Gasteiger partial charge in [0.15, 0.2) is 6.04 Å². The fourth-order valence-corrected chi connectivity index (χ4v) is 4.46. The summed E-state index contributed by atoms with van der Waals surface area (Å²) in [6.45, 7) is 0.954. The molecule has 0 saturated heterocycles. The second kappa shape index (κ2) is 7.44. The molecular weight excluding hydrogens is 405 g/mol. The van der Waals surface area contributed by atoms with Crippen molar-refractivity contribution >= 4 is 11.7 Å². The van der Waals surface area contributed by atoms with Crippen molar-refractivity contribution in [2.75, 3.05) is 11.9 Å². The predicted octanol–water partition coefficient (Wildman–Crippen LogP) is 4.74. The molecule has 0 saturated carbocycles. The van der Waals surface area contributed by atoms with Crippen molar-refractivity contribution in [3.8, 4) is 0 Å². The molecule has 1 aromatic heterocycles. The molecule has 160 valence electrons. The summed E-state index contributed by atoms with van der Waals surface area (Å²) in [5, 5.41) is 7.14. The number of rotatable bonds is 2. The predicted molar refractivity (Wildman–Crippen MR) is 110 cm³/mol. The molecule has 2 aliphatic heterocycles. The van der Waals surface area contributed by atoms with E-state index in [9.17, 15) is 18.0 Å². The summed E-state index contributed by atoms with van der Waals surface area (Å²) in [6.07, 6.45) is -2.68. The van der Waals surface area contributed by atoms with E-state index in [2.05, 4.69) is 10.4 Å². The number of hydrogen-bond acceptors (Lipinski definition) is 3. The summed E-state index contributed by atoms with van der Waals surface area (Å²) < 4.78 is 42.5. The molecule has 0 fully saturated rings. The number of nitrogens with zero attached hydrogens (tertiary/aromatic N) is 3. The van der Waals surface area contributed by atoms with E-state index in [0.29, 0.717) is 13.1 Å². The summed E-state index contributed by atoms with van der Waals surface area (Å²) in [4.78, 5) is 15.0. The van der Waals surface area contributed by atoms with Crippen LogP contribution in [0.2, 0.25) is 0 Å². The van der Waals surface area contributed by atoms with Crippen molar-refractivity contribution in [3.63, 3.8) is 0 Å². The Kier molecular flexibility index (Phi) is 4.72. The standard InChI is InChI=1S/C23H21F3N4O/c24-23(25,26)20-12-19(16-7-2-1-3-8-16)28-21-18(13-27-30(20)21)22(31)29-11-10-15-6-4-5-9-17(15)14-29/h1-9,13,19-20,28H,10-12,14H2. The number of carbonyl (C=O) groups is 1. The van der Waals surface area contributed by atoms with Crippen LogP contribution in [0, 0.1) is 0 Å². The third kappa shape index (κ3) is 3.56. The minimum atomic E-state index is -4.47. The Labute approximate surface area is 177 Å². The van der Waals surface area contributed by atoms with E-state index in [1.54, 1.807) is 29.2 Å². The van der Waals surface area contributed by atoms with Crippen molar-refractivity contribution < 1.29 is 18.0 Å². The average molecular weight is 426 g/mol. The Morgan fingerprint density at radius 2 is 1.74 bits per heavy atom. The van der Waals surface area contributed by atoms with Crippen LogP contribution in [0.5, 0.6) is 0 Å². The molecule has 8 heteroatoms. The maximum Gasteiger partial charge on any atom is 0.410 e. The highest BCUT2D eigenvalue weighted by Gasteiger charge is 2.47. The number of carbonyl (C=O) groups excluding carboxylic acids is 1. The van der Waals surface area contributed by atoms with E-state index in [4.69, 9.17) is 0 Å². The molecule has 2 unspecified atom stereocenters. The number of aromatic nitrogens is 2. The zero-order valence-corrected chi connectivity index (χ0v) is 16.6. The molecule has 0 radical (unpaired) electrons. The fourth-order valence-electron chi connectivity index (χ4n) is 4.46. The summed E-state index contributed by atoms with van der Waals surface area (Å²) in [6, 6.07) is 14.5. The SMILES string of the molecule is O=C(c1cnn2c1NC(c1ccccc1)CC2C(F)(F)F)N1CCc2ccccc2C1. The van der Waals surface area contributed by atoms with Gasteiger partial charge in [-0.25, -0.2) is 4.68 Å². The van der Waals surface area contributed by atoms with Gasteiger partial charge in [0.1, 0.15) is 11.4 Å². The van der Waals surface area contributed by atoms with Gasteiger partial charge < -0.3 is 10.2 Å². The minimum absolute atomic E-state index is 0.131. The maximum atomic E-state index is 13.9. The van der Waals surface area contributed by atoms with Gasteiger partial charge in [0.05, 0.1) is 12.2 Å². The van der Waals surface area contributed by atoms with Gasteiger partial charge in [0.25, 0.3) is 5.91 Å². The molecule has 0 aliphatic carbocycles. The van der Waals surface area contributed by atoms with Crippen LogP contribution in [0.15, 0.2) is 60.8 Å². The molecule has 2 aromatic carbocycles. The first-order valence-corrected chi connectivity index (χ1v) is 10.2. The van der Waals surface area contributed by atoms with Gasteiger partial charge in [0.2, 0.25) is 0 Å². The minimum Gasteiger partial charge on any atom is -0.363 e. The van der Waals surface area contributed by atoms with Crippen LogP contribution in [-0.2, 0) is 13.0 Å². The van der Waals surface area contributed by atoms with Crippen LogP contribution in [0.25, 0.3) is 0 Å². The van der Waals surface area contributed by atoms with Crippen molar-refractivity contribution in [2.45, 2.75) is 37.6 Å². The smallest absolute Gasteiger partial charge is 0.363 e.